The molecule has 1 aliphatic rings. The van der Waals surface area contributed by atoms with Gasteiger partial charge in [-0.3, -0.25) is 4.79 Å². The minimum Gasteiger partial charge on any atom is -0.301 e. The first-order chi connectivity index (χ1) is 12.9. The van der Waals surface area contributed by atoms with Crippen LogP contribution in [-0.2, 0) is 14.8 Å². The quantitative estimate of drug-likeness (QED) is 0.621. The number of fused-ring (bicyclic) bond motifs is 1. The number of sulfonamides is 1. The topological polar surface area (TPSA) is 79.4 Å². The van der Waals surface area contributed by atoms with Crippen molar-refractivity contribution in [1.82, 2.24) is 9.29 Å². The molecule has 0 radical (unpaired) electrons. The first-order valence-electron chi connectivity index (χ1n) is 7.99. The first kappa shape index (κ1) is 19.1. The molecule has 0 spiro atoms. The zero-order valence-electron chi connectivity index (χ0n) is 13.7. The Morgan fingerprint density at radius 3 is 2.74 bits per heavy atom. The van der Waals surface area contributed by atoms with Gasteiger partial charge in [0.05, 0.1) is 14.1 Å². The number of thiophene rings is 1. The zero-order valence-corrected chi connectivity index (χ0v) is 17.6. The summed E-state index contributed by atoms with van der Waals surface area (Å²) in [6.45, 7) is 0.293. The average molecular weight is 462 g/mol. The van der Waals surface area contributed by atoms with E-state index in [0.717, 1.165) is 16.0 Å². The van der Waals surface area contributed by atoms with Crippen molar-refractivity contribution < 1.29 is 13.2 Å². The summed E-state index contributed by atoms with van der Waals surface area (Å²) in [6, 6.07) is 7.62. The van der Waals surface area contributed by atoms with E-state index in [0.29, 0.717) is 39.4 Å². The second kappa shape index (κ2) is 7.31. The smallest absolute Gasteiger partial charge is 0.253 e. The number of rotatable bonds is 4. The van der Waals surface area contributed by atoms with Crippen LogP contribution in [0.15, 0.2) is 34.5 Å². The van der Waals surface area contributed by atoms with Gasteiger partial charge in [-0.05, 0) is 37.1 Å². The summed E-state index contributed by atoms with van der Waals surface area (Å²) in [5.41, 5.74) is 0.614. The number of benzene rings is 1. The maximum absolute atomic E-state index is 12.9. The van der Waals surface area contributed by atoms with Crippen molar-refractivity contribution in [2.75, 3.05) is 11.9 Å². The summed E-state index contributed by atoms with van der Waals surface area (Å²) < 4.78 is 28.4. The predicted molar refractivity (Wildman–Crippen MR) is 110 cm³/mol. The summed E-state index contributed by atoms with van der Waals surface area (Å²) in [5.74, 6) is -0.395. The Labute approximate surface area is 173 Å². The molecule has 3 heterocycles. The molecule has 0 aliphatic carbocycles. The number of para-hydroxylation sites is 1. The minimum atomic E-state index is -3.77. The number of nitrogens with one attached hydrogen (secondary N) is 1. The highest BCUT2D eigenvalue weighted by molar-refractivity contribution is 7.91. The molecule has 0 saturated carbocycles. The summed E-state index contributed by atoms with van der Waals surface area (Å²) in [5, 5.41) is 3.64. The van der Waals surface area contributed by atoms with E-state index in [2.05, 4.69) is 10.3 Å². The van der Waals surface area contributed by atoms with Crippen LogP contribution < -0.4 is 5.32 Å². The zero-order chi connectivity index (χ0) is 19.2. The number of hydrogen-bond donors (Lipinski definition) is 1. The lowest BCUT2D eigenvalue weighted by Gasteiger charge is -2.22. The molecule has 4 rings (SSSR count). The van der Waals surface area contributed by atoms with Crippen molar-refractivity contribution in [3.05, 3.63) is 39.7 Å². The lowest BCUT2D eigenvalue weighted by molar-refractivity contribution is -0.119. The van der Waals surface area contributed by atoms with Gasteiger partial charge in [-0.1, -0.05) is 40.6 Å². The van der Waals surface area contributed by atoms with Crippen LogP contribution in [-0.4, -0.2) is 36.2 Å². The largest absolute Gasteiger partial charge is 0.301 e. The number of halogens is 2. The normalized spacial score (nSPS) is 18.2. The van der Waals surface area contributed by atoms with Gasteiger partial charge in [0.15, 0.2) is 5.13 Å². The van der Waals surface area contributed by atoms with E-state index in [4.69, 9.17) is 23.2 Å². The molecule has 1 fully saturated rings. The molecular formula is C16H13Cl2N3O3S3. The molecule has 1 aromatic carbocycles. The number of carbonyl (C=O) groups is 1. The van der Waals surface area contributed by atoms with Gasteiger partial charge < -0.3 is 5.32 Å². The predicted octanol–water partition coefficient (Wildman–Crippen LogP) is 4.46. The number of thiazole rings is 1. The number of aromatic nitrogens is 1. The summed E-state index contributed by atoms with van der Waals surface area (Å²) in [7, 11) is -3.77. The van der Waals surface area contributed by atoms with Crippen LogP contribution in [0.25, 0.3) is 10.2 Å². The van der Waals surface area contributed by atoms with Crippen LogP contribution in [0.4, 0.5) is 5.13 Å². The molecule has 27 heavy (non-hydrogen) atoms. The van der Waals surface area contributed by atoms with Crippen molar-refractivity contribution in [3.8, 4) is 0 Å². The molecule has 1 unspecified atom stereocenters. The van der Waals surface area contributed by atoms with Crippen LogP contribution >= 0.6 is 45.9 Å². The van der Waals surface area contributed by atoms with Crippen LogP contribution in [0, 0.1) is 0 Å². The monoisotopic (exact) mass is 461 g/mol. The maximum Gasteiger partial charge on any atom is 0.253 e. The lowest BCUT2D eigenvalue weighted by Crippen LogP contribution is -2.42. The van der Waals surface area contributed by atoms with Gasteiger partial charge in [0.1, 0.15) is 15.8 Å². The Hall–Kier alpha value is -1.23. The number of nitrogens with zero attached hydrogens (tertiary/aromatic N) is 2. The second-order valence-electron chi connectivity index (χ2n) is 5.93. The lowest BCUT2D eigenvalue weighted by atomic mass is 10.2. The highest BCUT2D eigenvalue weighted by atomic mass is 35.5. The van der Waals surface area contributed by atoms with Crippen LogP contribution in [0.5, 0.6) is 0 Å². The Balaban J connectivity index is 1.58. The fourth-order valence-corrected chi connectivity index (χ4v) is 7.44. The molecule has 1 amide bonds. The summed E-state index contributed by atoms with van der Waals surface area (Å²) >= 11 is 14.3. The molecule has 6 nitrogen and oxygen atoms in total. The van der Waals surface area contributed by atoms with Gasteiger partial charge in [-0.2, -0.15) is 4.31 Å². The van der Waals surface area contributed by atoms with E-state index in [1.807, 2.05) is 12.1 Å². The highest BCUT2D eigenvalue weighted by Crippen LogP contribution is 2.34. The molecule has 1 aliphatic heterocycles. The van der Waals surface area contributed by atoms with E-state index in [1.54, 1.807) is 6.07 Å². The Morgan fingerprint density at radius 2 is 2.04 bits per heavy atom. The van der Waals surface area contributed by atoms with Crippen LogP contribution in [0.3, 0.4) is 0 Å². The number of hydrogen-bond acceptors (Lipinski definition) is 6. The van der Waals surface area contributed by atoms with Gasteiger partial charge in [0, 0.05) is 6.54 Å². The molecule has 3 aromatic rings. The van der Waals surface area contributed by atoms with Gasteiger partial charge in [0.25, 0.3) is 10.0 Å². The molecule has 1 atom stereocenters. The van der Waals surface area contributed by atoms with Gasteiger partial charge >= 0.3 is 0 Å². The van der Waals surface area contributed by atoms with Crippen LogP contribution in [0.2, 0.25) is 9.36 Å². The van der Waals surface area contributed by atoms with Gasteiger partial charge in [0.2, 0.25) is 5.91 Å². The van der Waals surface area contributed by atoms with Crippen molar-refractivity contribution >= 4 is 77.2 Å². The Kier molecular flexibility index (Phi) is 5.17. The van der Waals surface area contributed by atoms with Gasteiger partial charge in [-0.25, -0.2) is 13.4 Å². The van der Waals surface area contributed by atoms with E-state index < -0.39 is 22.0 Å². The number of carbonyl (C=O) groups excluding carboxylic acids is 1. The van der Waals surface area contributed by atoms with Crippen LogP contribution in [0.1, 0.15) is 12.8 Å². The Morgan fingerprint density at radius 1 is 1.22 bits per heavy atom. The average Bonchev–Trinajstić information content (AvgIpc) is 3.33. The van der Waals surface area contributed by atoms with E-state index in [9.17, 15) is 13.2 Å². The van der Waals surface area contributed by atoms with E-state index >= 15 is 0 Å². The third kappa shape index (κ3) is 3.59. The van der Waals surface area contributed by atoms with E-state index in [-0.39, 0.29) is 4.21 Å². The van der Waals surface area contributed by atoms with Crippen molar-refractivity contribution in [3.63, 3.8) is 0 Å². The number of anilines is 1. The SMILES string of the molecule is O=C(Nc1nc2c(Cl)cccc2s1)C1CCCN1S(=O)(=O)c1ccc(Cl)s1. The molecule has 0 bridgehead atoms. The molecule has 11 heteroatoms. The highest BCUT2D eigenvalue weighted by Gasteiger charge is 2.40. The third-order valence-electron chi connectivity index (χ3n) is 4.22. The fraction of sp³-hybridized carbons (Fsp3) is 0.250. The summed E-state index contributed by atoms with van der Waals surface area (Å²) in [4.78, 5) is 17.1. The first-order valence-corrected chi connectivity index (χ1v) is 11.8. The molecule has 1 N–H and O–H groups in total. The fourth-order valence-electron chi connectivity index (χ4n) is 3.00. The van der Waals surface area contributed by atoms with Crippen molar-refractivity contribution in [2.45, 2.75) is 23.1 Å². The molecule has 142 valence electrons. The molecule has 2 aromatic heterocycles. The summed E-state index contributed by atoms with van der Waals surface area (Å²) in [6.07, 6.45) is 1.07. The molecule has 1 saturated heterocycles. The molecular weight excluding hydrogens is 449 g/mol. The van der Waals surface area contributed by atoms with Crippen molar-refractivity contribution in [1.29, 1.82) is 0 Å². The van der Waals surface area contributed by atoms with E-state index in [1.165, 1.54) is 27.8 Å². The number of amides is 1. The third-order valence-corrected chi connectivity index (χ3v) is 9.07. The standard InChI is InChI=1S/C16H13Cl2N3O3S3/c17-9-3-1-5-11-14(9)19-16(25-11)20-15(22)10-4-2-8-21(10)27(23,24)13-7-6-12(18)26-13/h1,3,5-7,10H,2,4,8H2,(H,19,20,22). The second-order valence-corrected chi connectivity index (χ2v) is 11.2. The maximum atomic E-state index is 12.9. The van der Waals surface area contributed by atoms with Crippen molar-refractivity contribution in [2.24, 2.45) is 0 Å². The minimum absolute atomic E-state index is 0.138. The Bertz CT molecular complexity index is 1130. The van der Waals surface area contributed by atoms with Gasteiger partial charge in [-0.15, -0.1) is 11.3 Å².